The Morgan fingerprint density at radius 2 is 2.19 bits per heavy atom. The lowest BCUT2D eigenvalue weighted by Gasteiger charge is -2.43. The number of alkyl halides is 1. The van der Waals surface area contributed by atoms with E-state index in [1.807, 2.05) is 6.07 Å². The molecule has 0 amide bonds. The topological polar surface area (TPSA) is 37.3 Å². The number of aromatic hydroxyl groups is 1. The highest BCUT2D eigenvalue weighted by molar-refractivity contribution is 9.10. The molecule has 1 aromatic rings. The van der Waals surface area contributed by atoms with E-state index in [0.717, 1.165) is 25.7 Å². The van der Waals surface area contributed by atoms with Gasteiger partial charge in [-0.1, -0.05) is 40.6 Å². The van der Waals surface area contributed by atoms with E-state index in [0.29, 0.717) is 23.4 Å². The van der Waals surface area contributed by atoms with Gasteiger partial charge in [-0.15, -0.1) is 0 Å². The highest BCUT2D eigenvalue weighted by atomic mass is 79.9. The van der Waals surface area contributed by atoms with Crippen LogP contribution >= 0.6 is 15.9 Å². The van der Waals surface area contributed by atoms with Crippen LogP contribution in [0.25, 0.3) is 0 Å². The number of Topliss-reactive ketones (excluding diaryl/α,β-unsaturated/α-hetero) is 1. The van der Waals surface area contributed by atoms with Gasteiger partial charge in [-0.3, -0.25) is 4.79 Å². The molecule has 21 heavy (non-hydrogen) atoms. The Kier molecular flexibility index (Phi) is 2.88. The maximum Gasteiger partial charge on any atom is 0.152 e. The van der Waals surface area contributed by atoms with Crippen molar-refractivity contribution < 1.29 is 9.90 Å². The van der Waals surface area contributed by atoms with Crippen LogP contribution in [0.2, 0.25) is 0 Å². The van der Waals surface area contributed by atoms with Crippen LogP contribution in [0.3, 0.4) is 0 Å². The Labute approximate surface area is 133 Å². The smallest absolute Gasteiger partial charge is 0.152 e. The van der Waals surface area contributed by atoms with Gasteiger partial charge in [0.1, 0.15) is 5.75 Å². The number of ketones is 1. The van der Waals surface area contributed by atoms with Crippen LogP contribution < -0.4 is 0 Å². The van der Waals surface area contributed by atoms with E-state index in [2.05, 4.69) is 35.0 Å². The van der Waals surface area contributed by atoms with Crippen LogP contribution in [0, 0.1) is 11.3 Å². The van der Waals surface area contributed by atoms with Crippen LogP contribution in [0.15, 0.2) is 29.8 Å². The number of benzene rings is 1. The minimum absolute atomic E-state index is 0.0216. The summed E-state index contributed by atoms with van der Waals surface area (Å²) in [4.78, 5) is 12.5. The minimum atomic E-state index is -0.176. The molecule has 0 spiro atoms. The maximum atomic E-state index is 12.5. The quantitative estimate of drug-likeness (QED) is 0.566. The van der Waals surface area contributed by atoms with Gasteiger partial charge in [-0.2, -0.15) is 0 Å². The highest BCUT2D eigenvalue weighted by Crippen LogP contribution is 2.58. The van der Waals surface area contributed by atoms with Gasteiger partial charge in [0.25, 0.3) is 0 Å². The number of halogens is 1. The molecule has 0 saturated heterocycles. The molecular weight excluding hydrogens is 328 g/mol. The number of phenols is 1. The van der Waals surface area contributed by atoms with Crippen LogP contribution in [0.4, 0.5) is 0 Å². The molecule has 3 heteroatoms. The second-order valence-corrected chi connectivity index (χ2v) is 8.03. The minimum Gasteiger partial charge on any atom is -0.508 e. The number of carbonyl (C=O) groups excluding carboxylic acids is 1. The SMILES string of the molecule is C[C@]12CCC3C(=CCc4cc(O)ccc43)C1CC(Br)C2=O. The summed E-state index contributed by atoms with van der Waals surface area (Å²) in [6.07, 6.45) is 6.16. The average Bonchev–Trinajstić information content (AvgIpc) is 2.70. The fourth-order valence-electron chi connectivity index (χ4n) is 4.71. The van der Waals surface area contributed by atoms with Crippen molar-refractivity contribution in [3.63, 3.8) is 0 Å². The van der Waals surface area contributed by atoms with Crippen molar-refractivity contribution in [2.24, 2.45) is 11.3 Å². The molecule has 0 heterocycles. The van der Waals surface area contributed by atoms with Gasteiger partial charge >= 0.3 is 0 Å². The molecule has 0 aromatic heterocycles. The molecule has 3 aliphatic rings. The van der Waals surface area contributed by atoms with E-state index in [9.17, 15) is 9.90 Å². The van der Waals surface area contributed by atoms with Crippen molar-refractivity contribution in [2.75, 3.05) is 0 Å². The average molecular weight is 347 g/mol. The van der Waals surface area contributed by atoms with Gasteiger partial charge in [0.15, 0.2) is 5.78 Å². The lowest BCUT2D eigenvalue weighted by Crippen LogP contribution is -2.37. The first-order valence-corrected chi connectivity index (χ1v) is 8.62. The van der Waals surface area contributed by atoms with Gasteiger partial charge in [0, 0.05) is 11.3 Å². The van der Waals surface area contributed by atoms with Crippen LogP contribution in [0.1, 0.15) is 43.2 Å². The predicted molar refractivity (Wildman–Crippen MR) is 85.8 cm³/mol. The molecule has 0 bridgehead atoms. The molecule has 0 radical (unpaired) electrons. The number of rotatable bonds is 0. The molecule has 1 aromatic carbocycles. The van der Waals surface area contributed by atoms with Gasteiger partial charge in [0.2, 0.25) is 0 Å². The van der Waals surface area contributed by atoms with Crippen molar-refractivity contribution in [1.29, 1.82) is 0 Å². The number of hydrogen-bond donors (Lipinski definition) is 1. The first kappa shape index (κ1) is 13.6. The molecule has 0 aliphatic heterocycles. The van der Waals surface area contributed by atoms with Crippen molar-refractivity contribution in [1.82, 2.24) is 0 Å². The summed E-state index contributed by atoms with van der Waals surface area (Å²) in [6, 6.07) is 5.76. The molecule has 3 aliphatic carbocycles. The summed E-state index contributed by atoms with van der Waals surface area (Å²) in [5, 5.41) is 9.67. The van der Waals surface area contributed by atoms with Crippen molar-refractivity contribution in [3.8, 4) is 5.75 Å². The Morgan fingerprint density at radius 1 is 1.38 bits per heavy atom. The van der Waals surface area contributed by atoms with E-state index < -0.39 is 0 Å². The van der Waals surface area contributed by atoms with Gasteiger partial charge in [-0.25, -0.2) is 0 Å². The summed E-state index contributed by atoms with van der Waals surface area (Å²) in [7, 11) is 0. The molecule has 110 valence electrons. The van der Waals surface area contributed by atoms with Gasteiger partial charge in [0.05, 0.1) is 4.83 Å². The normalized spacial score (nSPS) is 37.5. The highest BCUT2D eigenvalue weighted by Gasteiger charge is 2.55. The van der Waals surface area contributed by atoms with Crippen LogP contribution in [-0.4, -0.2) is 15.7 Å². The van der Waals surface area contributed by atoms with Crippen molar-refractivity contribution in [3.05, 3.63) is 41.0 Å². The third-order valence-corrected chi connectivity index (χ3v) is 6.67. The number of phenolic OH excluding ortho intramolecular Hbond substituents is 1. The Hall–Kier alpha value is -1.09. The summed E-state index contributed by atoms with van der Waals surface area (Å²) in [6.45, 7) is 2.16. The predicted octanol–water partition coefficient (Wildman–Crippen LogP) is 4.11. The summed E-state index contributed by atoms with van der Waals surface area (Å²) < 4.78 is 0. The Bertz CT molecular complexity index is 663. The number of fused-ring (bicyclic) bond motifs is 5. The molecule has 2 saturated carbocycles. The first-order valence-electron chi connectivity index (χ1n) is 7.71. The molecule has 2 nitrogen and oxygen atoms in total. The van der Waals surface area contributed by atoms with Crippen LogP contribution in [0.5, 0.6) is 5.75 Å². The lowest BCUT2D eigenvalue weighted by molar-refractivity contribution is -0.126. The standard InChI is InChI=1S/C18H19BrO2/c1-18-7-6-13-12-5-3-11(20)8-10(12)2-4-14(13)15(18)9-16(19)17(18)21/h3-5,8,13,15-16,20H,2,6-7,9H2,1H3/t13?,15?,16?,18-/m0/s1. The molecule has 2 fully saturated rings. The lowest BCUT2D eigenvalue weighted by atomic mass is 9.60. The molecule has 4 atom stereocenters. The van der Waals surface area contributed by atoms with E-state index in [1.165, 1.54) is 16.7 Å². The fourth-order valence-corrected chi connectivity index (χ4v) is 5.61. The largest absolute Gasteiger partial charge is 0.508 e. The monoisotopic (exact) mass is 346 g/mol. The zero-order valence-corrected chi connectivity index (χ0v) is 13.7. The van der Waals surface area contributed by atoms with Gasteiger partial charge < -0.3 is 5.11 Å². The third-order valence-electron chi connectivity index (χ3n) is 5.88. The second kappa shape index (κ2) is 4.45. The second-order valence-electron chi connectivity index (χ2n) is 6.92. The van der Waals surface area contributed by atoms with Crippen molar-refractivity contribution in [2.45, 2.75) is 43.4 Å². The number of hydrogen-bond acceptors (Lipinski definition) is 2. The molecule has 4 rings (SSSR count). The number of carbonyl (C=O) groups is 1. The van der Waals surface area contributed by atoms with E-state index in [1.54, 1.807) is 6.07 Å². The molecule has 3 unspecified atom stereocenters. The molecular formula is C18H19BrO2. The summed E-state index contributed by atoms with van der Waals surface area (Å²) >= 11 is 3.58. The molecule has 1 N–H and O–H groups in total. The first-order chi connectivity index (χ1) is 10.0. The Morgan fingerprint density at radius 3 is 3.00 bits per heavy atom. The Balaban J connectivity index is 1.77. The van der Waals surface area contributed by atoms with Crippen molar-refractivity contribution >= 4 is 21.7 Å². The van der Waals surface area contributed by atoms with Gasteiger partial charge in [-0.05, 0) is 54.9 Å². The third kappa shape index (κ3) is 1.79. The zero-order valence-electron chi connectivity index (χ0n) is 12.1. The van der Waals surface area contributed by atoms with E-state index >= 15 is 0 Å². The van der Waals surface area contributed by atoms with Crippen LogP contribution in [-0.2, 0) is 11.2 Å². The summed E-state index contributed by atoms with van der Waals surface area (Å²) in [5.41, 5.74) is 3.90. The van der Waals surface area contributed by atoms with E-state index in [-0.39, 0.29) is 10.2 Å². The van der Waals surface area contributed by atoms with E-state index in [4.69, 9.17) is 0 Å². The number of allylic oxidation sites excluding steroid dienone is 2. The maximum absolute atomic E-state index is 12.5. The fraction of sp³-hybridized carbons (Fsp3) is 0.500. The zero-order chi connectivity index (χ0) is 14.8. The summed E-state index contributed by atoms with van der Waals surface area (Å²) in [5.74, 6) is 1.57.